The molecule has 1 aliphatic heterocycles. The monoisotopic (exact) mass is 319 g/mol. The number of nitrogens with zero attached hydrogens (tertiary/aromatic N) is 2. The molecule has 2 heterocycles. The number of hydrogen-bond acceptors (Lipinski definition) is 4. The number of aliphatic hydroxyl groups is 1. The molecule has 0 aliphatic carbocycles. The second-order valence-corrected chi connectivity index (χ2v) is 7.80. The largest absolute Gasteiger partial charge is 0.391 e. The topological polar surface area (TPSA) is 65.5 Å². The number of aliphatic hydroxyl groups excluding tert-OH is 1. The normalized spacial score (nSPS) is 18.9. The van der Waals surface area contributed by atoms with Crippen LogP contribution in [0, 0.1) is 0 Å². The van der Waals surface area contributed by atoms with Gasteiger partial charge in [0, 0.05) is 24.2 Å². The summed E-state index contributed by atoms with van der Waals surface area (Å²) in [5, 5.41) is 13.5. The van der Waals surface area contributed by atoms with Crippen molar-refractivity contribution in [2.75, 3.05) is 18.4 Å². The Morgan fingerprint density at radius 1 is 1.45 bits per heavy atom. The molecule has 0 bridgehead atoms. The molecule has 1 aromatic carbocycles. The zero-order chi connectivity index (χ0) is 15.9. The molecule has 118 valence electrons. The van der Waals surface area contributed by atoms with Gasteiger partial charge in [0.15, 0.2) is 0 Å². The predicted molar refractivity (Wildman–Crippen MR) is 89.5 cm³/mol. The van der Waals surface area contributed by atoms with Gasteiger partial charge in [-0.3, -0.25) is 0 Å². The van der Waals surface area contributed by atoms with Crippen LogP contribution >= 0.6 is 11.3 Å². The van der Waals surface area contributed by atoms with Crippen LogP contribution in [-0.2, 0) is 5.41 Å². The summed E-state index contributed by atoms with van der Waals surface area (Å²) >= 11 is 1.66. The first-order valence-electron chi connectivity index (χ1n) is 7.48. The van der Waals surface area contributed by atoms with Crippen molar-refractivity contribution in [2.24, 2.45) is 0 Å². The van der Waals surface area contributed by atoms with Crippen molar-refractivity contribution in [1.82, 2.24) is 9.88 Å². The molecule has 1 saturated heterocycles. The maximum atomic E-state index is 12.2. The lowest BCUT2D eigenvalue weighted by molar-refractivity contribution is 0.176. The molecule has 22 heavy (non-hydrogen) atoms. The summed E-state index contributed by atoms with van der Waals surface area (Å²) in [4.78, 5) is 18.4. The van der Waals surface area contributed by atoms with E-state index in [-0.39, 0.29) is 11.4 Å². The highest BCUT2D eigenvalue weighted by Crippen LogP contribution is 2.32. The molecule has 0 spiro atoms. The molecule has 3 rings (SSSR count). The van der Waals surface area contributed by atoms with Crippen molar-refractivity contribution >= 4 is 33.3 Å². The molecule has 0 radical (unpaired) electrons. The smallest absolute Gasteiger partial charge is 0.321 e. The number of rotatable bonds is 1. The average Bonchev–Trinajstić information content (AvgIpc) is 3.03. The van der Waals surface area contributed by atoms with E-state index in [4.69, 9.17) is 0 Å². The van der Waals surface area contributed by atoms with Gasteiger partial charge < -0.3 is 15.3 Å². The quantitative estimate of drug-likeness (QED) is 0.848. The van der Waals surface area contributed by atoms with Crippen molar-refractivity contribution in [2.45, 2.75) is 38.7 Å². The van der Waals surface area contributed by atoms with Crippen LogP contribution < -0.4 is 5.32 Å². The van der Waals surface area contributed by atoms with Crippen LogP contribution in [-0.4, -0.2) is 40.2 Å². The number of aromatic nitrogens is 1. The molecule has 2 aromatic rings. The van der Waals surface area contributed by atoms with E-state index in [1.807, 2.05) is 18.2 Å². The number of likely N-dealkylation sites (tertiary alicyclic amines) is 1. The van der Waals surface area contributed by atoms with Gasteiger partial charge in [-0.2, -0.15) is 0 Å². The van der Waals surface area contributed by atoms with Crippen molar-refractivity contribution in [3.8, 4) is 0 Å². The minimum absolute atomic E-state index is 0.0266. The summed E-state index contributed by atoms with van der Waals surface area (Å²) in [7, 11) is 0. The van der Waals surface area contributed by atoms with Crippen LogP contribution in [0.3, 0.4) is 0 Å². The zero-order valence-electron chi connectivity index (χ0n) is 13.1. The number of urea groups is 1. The summed E-state index contributed by atoms with van der Waals surface area (Å²) in [6, 6.07) is 5.62. The highest BCUT2D eigenvalue weighted by Gasteiger charge is 2.24. The Kier molecular flexibility index (Phi) is 3.82. The number of thiazole rings is 1. The summed E-state index contributed by atoms with van der Waals surface area (Å²) in [5.74, 6) is 0. The van der Waals surface area contributed by atoms with Crippen LogP contribution in [0.2, 0.25) is 0 Å². The third-order valence-corrected chi connectivity index (χ3v) is 5.18. The van der Waals surface area contributed by atoms with Gasteiger partial charge in [-0.05, 0) is 24.6 Å². The molecule has 1 fully saturated rings. The van der Waals surface area contributed by atoms with Gasteiger partial charge in [0.05, 0.1) is 21.3 Å². The lowest BCUT2D eigenvalue weighted by atomic mass is 9.98. The molecule has 0 saturated carbocycles. The lowest BCUT2D eigenvalue weighted by Crippen LogP contribution is -2.33. The Balaban J connectivity index is 1.78. The van der Waals surface area contributed by atoms with Gasteiger partial charge in [-0.25, -0.2) is 9.78 Å². The van der Waals surface area contributed by atoms with Crippen LogP contribution in [0.1, 0.15) is 32.2 Å². The van der Waals surface area contributed by atoms with E-state index < -0.39 is 6.10 Å². The van der Waals surface area contributed by atoms with Gasteiger partial charge >= 0.3 is 6.03 Å². The summed E-state index contributed by atoms with van der Waals surface area (Å²) in [5.41, 5.74) is 1.76. The highest BCUT2D eigenvalue weighted by molar-refractivity contribution is 7.18. The fourth-order valence-electron chi connectivity index (χ4n) is 2.45. The number of carbonyl (C=O) groups excluding carboxylic acids is 1. The third-order valence-electron chi connectivity index (χ3n) is 3.73. The highest BCUT2D eigenvalue weighted by atomic mass is 32.1. The maximum Gasteiger partial charge on any atom is 0.321 e. The van der Waals surface area contributed by atoms with E-state index >= 15 is 0 Å². The first-order valence-corrected chi connectivity index (χ1v) is 8.29. The number of nitrogens with one attached hydrogen (secondary N) is 1. The first kappa shape index (κ1) is 15.2. The number of fused-ring (bicyclic) bond motifs is 1. The predicted octanol–water partition coefficient (Wildman–Crippen LogP) is 3.19. The zero-order valence-corrected chi connectivity index (χ0v) is 13.9. The summed E-state index contributed by atoms with van der Waals surface area (Å²) in [6.07, 6.45) is 0.250. The molecule has 0 unspecified atom stereocenters. The van der Waals surface area contributed by atoms with Crippen molar-refractivity contribution in [3.05, 3.63) is 23.2 Å². The molecular formula is C16H21N3O2S. The van der Waals surface area contributed by atoms with Crippen LogP contribution in [0.4, 0.5) is 10.5 Å². The van der Waals surface area contributed by atoms with E-state index in [0.29, 0.717) is 19.5 Å². The molecule has 2 N–H and O–H groups in total. The fourth-order valence-corrected chi connectivity index (χ4v) is 3.51. The molecule has 1 aromatic heterocycles. The fraction of sp³-hybridized carbons (Fsp3) is 0.500. The molecule has 6 heteroatoms. The van der Waals surface area contributed by atoms with Crippen molar-refractivity contribution < 1.29 is 9.90 Å². The minimum Gasteiger partial charge on any atom is -0.391 e. The van der Waals surface area contributed by atoms with Crippen molar-refractivity contribution in [1.29, 1.82) is 0 Å². The van der Waals surface area contributed by atoms with Crippen LogP contribution in [0.25, 0.3) is 10.2 Å². The van der Waals surface area contributed by atoms with Gasteiger partial charge in [0.1, 0.15) is 0 Å². The van der Waals surface area contributed by atoms with E-state index in [1.54, 1.807) is 16.2 Å². The number of amides is 2. The molecule has 5 nitrogen and oxygen atoms in total. The Morgan fingerprint density at radius 3 is 2.86 bits per heavy atom. The number of benzene rings is 1. The minimum atomic E-state index is -0.399. The maximum absolute atomic E-state index is 12.2. The van der Waals surface area contributed by atoms with E-state index in [0.717, 1.165) is 20.9 Å². The van der Waals surface area contributed by atoms with Crippen LogP contribution in [0.15, 0.2) is 18.2 Å². The van der Waals surface area contributed by atoms with Gasteiger partial charge in [0.25, 0.3) is 0 Å². The second kappa shape index (κ2) is 5.52. The lowest BCUT2D eigenvalue weighted by Gasteiger charge is -2.16. The Labute approximate surface area is 134 Å². The third kappa shape index (κ3) is 3.08. The number of hydrogen-bond donors (Lipinski definition) is 2. The SMILES string of the molecule is CC(C)(C)c1nc2ccc(NC(=O)N3CC[C@@H](O)C3)cc2s1. The Morgan fingerprint density at radius 2 is 2.23 bits per heavy atom. The first-order chi connectivity index (χ1) is 10.3. The van der Waals surface area contributed by atoms with Gasteiger partial charge in [-0.1, -0.05) is 20.8 Å². The molecule has 1 aliphatic rings. The van der Waals surface area contributed by atoms with E-state index in [2.05, 4.69) is 31.1 Å². The number of anilines is 1. The standard InChI is InChI=1S/C16H21N3O2S/c1-16(2,3)14-18-12-5-4-10(8-13(12)22-14)17-15(21)19-7-6-11(20)9-19/h4-5,8,11,20H,6-7,9H2,1-3H3,(H,17,21)/t11-/m1/s1. The average molecular weight is 319 g/mol. The van der Waals surface area contributed by atoms with Gasteiger partial charge in [0.2, 0.25) is 0 Å². The molecule has 2 amide bonds. The van der Waals surface area contributed by atoms with Crippen LogP contribution in [0.5, 0.6) is 0 Å². The Hall–Kier alpha value is -1.66. The van der Waals surface area contributed by atoms with E-state index in [9.17, 15) is 9.90 Å². The molecule has 1 atom stereocenters. The van der Waals surface area contributed by atoms with E-state index in [1.165, 1.54) is 0 Å². The molecular weight excluding hydrogens is 298 g/mol. The second-order valence-electron chi connectivity index (χ2n) is 6.77. The number of β-amino-alcohol motifs (C(OH)–C–C–N with tert-alkyl or cyclic N) is 1. The summed E-state index contributed by atoms with van der Waals surface area (Å²) in [6.45, 7) is 7.44. The summed E-state index contributed by atoms with van der Waals surface area (Å²) < 4.78 is 1.07. The number of carbonyl (C=O) groups is 1. The van der Waals surface area contributed by atoms with Crippen molar-refractivity contribution in [3.63, 3.8) is 0 Å². The van der Waals surface area contributed by atoms with Gasteiger partial charge in [-0.15, -0.1) is 11.3 Å². The Bertz CT molecular complexity index is 705.